The Morgan fingerprint density at radius 3 is 2.95 bits per heavy atom. The molecule has 1 heterocycles. The van der Waals surface area contributed by atoms with Crippen LogP contribution in [0.15, 0.2) is 34.0 Å². The number of nitrogens with one attached hydrogen (secondary N) is 1. The van der Waals surface area contributed by atoms with Crippen LogP contribution in [-0.4, -0.2) is 21.6 Å². The number of hydrogen-bond donors (Lipinski definition) is 2. The standard InChI is InChI=1S/C14H12BrN5OS/c1-8-4-10(2-3-11(8)15)19-12(21)7-22-14-18-6-9(5-16)13(17)20-14/h2-4,6H,7H2,1H3,(H,19,21)(H2,17,18,20). The van der Waals surface area contributed by atoms with Gasteiger partial charge in [0, 0.05) is 10.2 Å². The molecule has 0 aliphatic rings. The van der Waals surface area contributed by atoms with E-state index >= 15 is 0 Å². The minimum Gasteiger partial charge on any atom is -0.382 e. The van der Waals surface area contributed by atoms with Crippen molar-refractivity contribution in [2.24, 2.45) is 0 Å². The molecule has 2 aromatic rings. The number of carbonyl (C=O) groups is 1. The van der Waals surface area contributed by atoms with Gasteiger partial charge in [0.05, 0.1) is 11.9 Å². The van der Waals surface area contributed by atoms with Gasteiger partial charge in [-0.25, -0.2) is 9.97 Å². The van der Waals surface area contributed by atoms with Crippen LogP contribution in [0, 0.1) is 18.3 Å². The molecule has 1 aromatic carbocycles. The van der Waals surface area contributed by atoms with Gasteiger partial charge in [0.1, 0.15) is 17.5 Å². The van der Waals surface area contributed by atoms with Gasteiger partial charge < -0.3 is 11.1 Å². The third-order valence-corrected chi connectivity index (χ3v) is 4.44. The molecule has 0 aliphatic carbocycles. The summed E-state index contributed by atoms with van der Waals surface area (Å²) >= 11 is 4.56. The maximum Gasteiger partial charge on any atom is 0.234 e. The molecule has 0 bridgehead atoms. The van der Waals surface area contributed by atoms with Crippen molar-refractivity contribution in [2.45, 2.75) is 12.1 Å². The van der Waals surface area contributed by atoms with Gasteiger partial charge in [-0.3, -0.25) is 4.79 Å². The summed E-state index contributed by atoms with van der Waals surface area (Å²) in [4.78, 5) is 19.9. The number of nitrogen functional groups attached to an aromatic ring is 1. The van der Waals surface area contributed by atoms with E-state index in [1.807, 2.05) is 31.2 Å². The summed E-state index contributed by atoms with van der Waals surface area (Å²) in [6, 6.07) is 7.46. The first-order valence-corrected chi connectivity index (χ1v) is 7.99. The number of nitriles is 1. The molecule has 2 rings (SSSR count). The fourth-order valence-electron chi connectivity index (χ4n) is 1.58. The van der Waals surface area contributed by atoms with Crippen molar-refractivity contribution in [3.05, 3.63) is 40.0 Å². The Morgan fingerprint density at radius 2 is 2.32 bits per heavy atom. The molecular formula is C14H12BrN5OS. The van der Waals surface area contributed by atoms with Gasteiger partial charge in [0.25, 0.3) is 0 Å². The Labute approximate surface area is 140 Å². The van der Waals surface area contributed by atoms with Gasteiger partial charge in [-0.2, -0.15) is 5.26 Å². The maximum absolute atomic E-state index is 11.9. The molecule has 6 nitrogen and oxygen atoms in total. The first-order chi connectivity index (χ1) is 10.5. The summed E-state index contributed by atoms with van der Waals surface area (Å²) in [7, 11) is 0. The van der Waals surface area contributed by atoms with Crippen LogP contribution in [-0.2, 0) is 4.79 Å². The highest BCUT2D eigenvalue weighted by Crippen LogP contribution is 2.21. The van der Waals surface area contributed by atoms with Crippen LogP contribution in [0.3, 0.4) is 0 Å². The molecule has 0 saturated carbocycles. The largest absolute Gasteiger partial charge is 0.382 e. The third kappa shape index (κ3) is 4.19. The van der Waals surface area contributed by atoms with E-state index in [0.29, 0.717) is 5.16 Å². The lowest BCUT2D eigenvalue weighted by Gasteiger charge is -2.07. The number of amides is 1. The second kappa shape index (κ2) is 7.24. The maximum atomic E-state index is 11.9. The second-order valence-corrected chi connectivity index (χ2v) is 6.16. The summed E-state index contributed by atoms with van der Waals surface area (Å²) in [5, 5.41) is 11.9. The summed E-state index contributed by atoms with van der Waals surface area (Å²) in [6.07, 6.45) is 1.35. The van der Waals surface area contributed by atoms with Crippen molar-refractivity contribution < 1.29 is 4.79 Å². The molecular weight excluding hydrogens is 366 g/mol. The molecule has 1 amide bonds. The highest BCUT2D eigenvalue weighted by molar-refractivity contribution is 9.10. The van der Waals surface area contributed by atoms with E-state index < -0.39 is 0 Å². The smallest absolute Gasteiger partial charge is 0.234 e. The van der Waals surface area contributed by atoms with Crippen LogP contribution in [0.25, 0.3) is 0 Å². The number of aryl methyl sites for hydroxylation is 1. The first kappa shape index (κ1) is 16.3. The number of thioether (sulfide) groups is 1. The minimum atomic E-state index is -0.168. The Morgan fingerprint density at radius 1 is 1.55 bits per heavy atom. The number of halogens is 1. The Balaban J connectivity index is 1.94. The van der Waals surface area contributed by atoms with Crippen LogP contribution in [0.2, 0.25) is 0 Å². The lowest BCUT2D eigenvalue weighted by molar-refractivity contribution is -0.113. The average Bonchev–Trinajstić information content (AvgIpc) is 2.49. The minimum absolute atomic E-state index is 0.115. The fraction of sp³-hybridized carbons (Fsp3) is 0.143. The molecule has 1 aromatic heterocycles. The van der Waals surface area contributed by atoms with Gasteiger partial charge in [-0.05, 0) is 30.7 Å². The molecule has 0 unspecified atom stereocenters. The normalized spacial score (nSPS) is 10.0. The summed E-state index contributed by atoms with van der Waals surface area (Å²) < 4.78 is 0.987. The summed E-state index contributed by atoms with van der Waals surface area (Å²) in [5.41, 5.74) is 7.59. The van der Waals surface area contributed by atoms with Gasteiger partial charge in [-0.1, -0.05) is 27.7 Å². The van der Waals surface area contributed by atoms with Crippen molar-refractivity contribution in [1.82, 2.24) is 9.97 Å². The van der Waals surface area contributed by atoms with Gasteiger partial charge in [0.15, 0.2) is 5.16 Å². The second-order valence-electron chi connectivity index (χ2n) is 4.36. The number of nitrogens with zero attached hydrogens (tertiary/aromatic N) is 3. The van der Waals surface area contributed by atoms with E-state index in [-0.39, 0.29) is 23.0 Å². The zero-order chi connectivity index (χ0) is 16.1. The monoisotopic (exact) mass is 377 g/mol. The molecule has 0 fully saturated rings. The van der Waals surface area contributed by atoms with Crippen molar-refractivity contribution in [1.29, 1.82) is 5.26 Å². The molecule has 0 atom stereocenters. The number of hydrogen-bond acceptors (Lipinski definition) is 6. The SMILES string of the molecule is Cc1cc(NC(=O)CSc2ncc(C#N)c(N)n2)ccc1Br. The Kier molecular flexibility index (Phi) is 5.35. The summed E-state index contributed by atoms with van der Waals surface area (Å²) in [6.45, 7) is 1.95. The van der Waals surface area contributed by atoms with Crippen LogP contribution in [0.1, 0.15) is 11.1 Å². The predicted octanol–water partition coefficient (Wildman–Crippen LogP) is 2.73. The average molecular weight is 378 g/mol. The molecule has 22 heavy (non-hydrogen) atoms. The zero-order valence-electron chi connectivity index (χ0n) is 11.6. The fourth-order valence-corrected chi connectivity index (χ4v) is 2.45. The third-order valence-electron chi connectivity index (χ3n) is 2.69. The van der Waals surface area contributed by atoms with E-state index in [1.54, 1.807) is 0 Å². The van der Waals surface area contributed by atoms with Crippen LogP contribution >= 0.6 is 27.7 Å². The van der Waals surface area contributed by atoms with Gasteiger partial charge >= 0.3 is 0 Å². The topological polar surface area (TPSA) is 105 Å². The number of anilines is 2. The molecule has 3 N–H and O–H groups in total. The van der Waals surface area contributed by atoms with Crippen molar-refractivity contribution in [2.75, 3.05) is 16.8 Å². The molecule has 0 saturated heterocycles. The number of aromatic nitrogens is 2. The predicted molar refractivity (Wildman–Crippen MR) is 89.4 cm³/mol. The van der Waals surface area contributed by atoms with Crippen LogP contribution in [0.4, 0.5) is 11.5 Å². The van der Waals surface area contributed by atoms with E-state index in [1.165, 1.54) is 6.20 Å². The number of benzene rings is 1. The van der Waals surface area contributed by atoms with E-state index in [0.717, 1.165) is 27.5 Å². The van der Waals surface area contributed by atoms with E-state index in [9.17, 15) is 4.79 Å². The lowest BCUT2D eigenvalue weighted by Crippen LogP contribution is -2.14. The van der Waals surface area contributed by atoms with Gasteiger partial charge in [-0.15, -0.1) is 0 Å². The lowest BCUT2D eigenvalue weighted by atomic mass is 10.2. The number of nitrogens with two attached hydrogens (primary N) is 1. The first-order valence-electron chi connectivity index (χ1n) is 6.21. The van der Waals surface area contributed by atoms with Crippen LogP contribution in [0.5, 0.6) is 0 Å². The van der Waals surface area contributed by atoms with Crippen molar-refractivity contribution in [3.8, 4) is 6.07 Å². The van der Waals surface area contributed by atoms with Gasteiger partial charge in [0.2, 0.25) is 5.91 Å². The Hall–Kier alpha value is -2.11. The quantitative estimate of drug-likeness (QED) is 0.626. The number of rotatable bonds is 4. The highest BCUT2D eigenvalue weighted by Gasteiger charge is 2.08. The molecule has 0 spiro atoms. The molecule has 112 valence electrons. The van der Waals surface area contributed by atoms with E-state index in [2.05, 4.69) is 31.2 Å². The van der Waals surface area contributed by atoms with Crippen molar-refractivity contribution >= 4 is 45.1 Å². The zero-order valence-corrected chi connectivity index (χ0v) is 14.0. The summed E-state index contributed by atoms with van der Waals surface area (Å²) in [5.74, 6) is 0.0997. The molecule has 8 heteroatoms. The highest BCUT2D eigenvalue weighted by atomic mass is 79.9. The number of carbonyl (C=O) groups excluding carboxylic acids is 1. The Bertz CT molecular complexity index is 759. The van der Waals surface area contributed by atoms with Crippen LogP contribution < -0.4 is 11.1 Å². The molecule has 0 radical (unpaired) electrons. The molecule has 0 aliphatic heterocycles. The van der Waals surface area contributed by atoms with Crippen molar-refractivity contribution in [3.63, 3.8) is 0 Å². The van der Waals surface area contributed by atoms with E-state index in [4.69, 9.17) is 11.0 Å².